The van der Waals surface area contributed by atoms with Crippen LogP contribution in [0.2, 0.25) is 0 Å². The van der Waals surface area contributed by atoms with Crippen molar-refractivity contribution in [3.63, 3.8) is 0 Å². The molecule has 6 nitrogen and oxygen atoms in total. The number of carbonyl (C=O) groups is 1. The van der Waals surface area contributed by atoms with Crippen molar-refractivity contribution in [3.05, 3.63) is 53.5 Å². The first-order chi connectivity index (χ1) is 14.0. The van der Waals surface area contributed by atoms with Crippen LogP contribution in [0.3, 0.4) is 0 Å². The fourth-order valence-corrected chi connectivity index (χ4v) is 4.32. The molecule has 3 atom stereocenters. The van der Waals surface area contributed by atoms with E-state index in [-0.39, 0.29) is 23.9 Å². The van der Waals surface area contributed by atoms with Gasteiger partial charge in [0.05, 0.1) is 37.3 Å². The van der Waals surface area contributed by atoms with Crippen molar-refractivity contribution in [3.8, 4) is 0 Å². The molecule has 0 saturated carbocycles. The average molecular weight is 393 g/mol. The second-order valence-electron chi connectivity index (χ2n) is 7.98. The average Bonchev–Trinajstić information content (AvgIpc) is 2.73. The van der Waals surface area contributed by atoms with Gasteiger partial charge in [-0.25, -0.2) is 4.98 Å². The Morgan fingerprint density at radius 2 is 2.07 bits per heavy atom. The van der Waals surface area contributed by atoms with E-state index in [1.807, 2.05) is 11.8 Å². The Hall–Kier alpha value is -2.73. The quantitative estimate of drug-likeness (QED) is 0.851. The van der Waals surface area contributed by atoms with E-state index in [4.69, 9.17) is 4.74 Å². The van der Waals surface area contributed by atoms with Crippen molar-refractivity contribution in [2.75, 3.05) is 23.4 Å². The van der Waals surface area contributed by atoms with E-state index in [0.717, 1.165) is 35.8 Å². The molecule has 0 bridgehead atoms. The first-order valence-corrected chi connectivity index (χ1v) is 10.2. The van der Waals surface area contributed by atoms with Gasteiger partial charge in [0.1, 0.15) is 5.82 Å². The standard InChI is InChI=1S/C23H28N4O2/c1-14-12-25-22(13-24-14)26-23-15(2)16(3)27(17(4)28)21-6-5-19(11-20(21)23)18-7-9-29-10-8-18/h5-7,11-13,15-16,23H,8-10H2,1-4H3,(H,25,26)/t15-,16-,23?/m0/s1. The van der Waals surface area contributed by atoms with E-state index in [1.165, 1.54) is 11.1 Å². The molecule has 0 radical (unpaired) electrons. The molecule has 152 valence electrons. The summed E-state index contributed by atoms with van der Waals surface area (Å²) in [5.41, 5.74) is 5.47. The third kappa shape index (κ3) is 3.77. The maximum Gasteiger partial charge on any atom is 0.224 e. The molecule has 0 fully saturated rings. The molecule has 2 aromatic rings. The number of amides is 1. The van der Waals surface area contributed by atoms with E-state index in [2.05, 4.69) is 53.4 Å². The Kier molecular flexibility index (Phi) is 5.37. The van der Waals surface area contributed by atoms with Gasteiger partial charge in [-0.05, 0) is 49.1 Å². The molecule has 3 heterocycles. The lowest BCUT2D eigenvalue weighted by atomic mass is 9.81. The molecule has 0 aliphatic carbocycles. The van der Waals surface area contributed by atoms with E-state index in [1.54, 1.807) is 19.3 Å². The normalized spacial score (nSPS) is 23.9. The van der Waals surface area contributed by atoms with Gasteiger partial charge in [-0.15, -0.1) is 0 Å². The van der Waals surface area contributed by atoms with Gasteiger partial charge in [0.15, 0.2) is 0 Å². The largest absolute Gasteiger partial charge is 0.377 e. The number of hydrogen-bond donors (Lipinski definition) is 1. The summed E-state index contributed by atoms with van der Waals surface area (Å²) in [6.07, 6.45) is 6.60. The second-order valence-corrected chi connectivity index (χ2v) is 7.98. The number of rotatable bonds is 3. The highest BCUT2D eigenvalue weighted by Gasteiger charge is 2.38. The molecule has 29 heavy (non-hydrogen) atoms. The lowest BCUT2D eigenvalue weighted by Crippen LogP contribution is -2.48. The molecule has 1 N–H and O–H groups in total. The molecule has 1 aromatic heterocycles. The summed E-state index contributed by atoms with van der Waals surface area (Å²) in [5.74, 6) is 1.02. The monoisotopic (exact) mass is 392 g/mol. The Balaban J connectivity index is 1.78. The SMILES string of the molecule is CC(=O)N1c2ccc(C3=CCOCC3)cc2C(Nc2cnc(C)cn2)[C@@H](C)[C@@H]1C. The maximum atomic E-state index is 12.5. The van der Waals surface area contributed by atoms with Gasteiger partial charge in [0, 0.05) is 24.6 Å². The number of aromatic nitrogens is 2. The summed E-state index contributed by atoms with van der Waals surface area (Å²) in [4.78, 5) is 23.2. The summed E-state index contributed by atoms with van der Waals surface area (Å²) >= 11 is 0. The van der Waals surface area contributed by atoms with Crippen LogP contribution < -0.4 is 10.2 Å². The topological polar surface area (TPSA) is 67.3 Å². The molecule has 6 heteroatoms. The van der Waals surface area contributed by atoms with Crippen LogP contribution in [-0.4, -0.2) is 35.1 Å². The molecule has 1 unspecified atom stereocenters. The zero-order valence-corrected chi connectivity index (χ0v) is 17.5. The van der Waals surface area contributed by atoms with Crippen molar-refractivity contribution < 1.29 is 9.53 Å². The minimum atomic E-state index is 0.0352. The Bertz CT molecular complexity index is 938. The number of ether oxygens (including phenoxy) is 1. The Labute approximate surface area is 172 Å². The molecule has 0 spiro atoms. The third-order valence-electron chi connectivity index (χ3n) is 6.07. The van der Waals surface area contributed by atoms with Crippen LogP contribution in [0.15, 0.2) is 36.7 Å². The van der Waals surface area contributed by atoms with Gasteiger partial charge in [-0.1, -0.05) is 19.1 Å². The van der Waals surface area contributed by atoms with Crippen LogP contribution in [0.4, 0.5) is 11.5 Å². The zero-order valence-electron chi connectivity index (χ0n) is 17.5. The van der Waals surface area contributed by atoms with Gasteiger partial charge >= 0.3 is 0 Å². The predicted octanol–water partition coefficient (Wildman–Crippen LogP) is 4.13. The van der Waals surface area contributed by atoms with Gasteiger partial charge in [0.25, 0.3) is 0 Å². The van der Waals surface area contributed by atoms with E-state index in [9.17, 15) is 4.79 Å². The van der Waals surface area contributed by atoms with Crippen molar-refractivity contribution >= 4 is 23.0 Å². The van der Waals surface area contributed by atoms with Crippen LogP contribution in [0.5, 0.6) is 0 Å². The molecular weight excluding hydrogens is 364 g/mol. The van der Waals surface area contributed by atoms with Crippen LogP contribution in [0, 0.1) is 12.8 Å². The van der Waals surface area contributed by atoms with Gasteiger partial charge in [-0.3, -0.25) is 9.78 Å². The number of nitrogens with zero attached hydrogens (tertiary/aromatic N) is 3. The fourth-order valence-electron chi connectivity index (χ4n) is 4.32. The van der Waals surface area contributed by atoms with Crippen molar-refractivity contribution in [2.45, 2.75) is 46.2 Å². The van der Waals surface area contributed by atoms with Crippen LogP contribution >= 0.6 is 0 Å². The highest BCUT2D eigenvalue weighted by molar-refractivity contribution is 5.94. The Morgan fingerprint density at radius 1 is 1.24 bits per heavy atom. The van der Waals surface area contributed by atoms with Crippen LogP contribution in [-0.2, 0) is 9.53 Å². The minimum Gasteiger partial charge on any atom is -0.377 e. The molecule has 2 aliphatic rings. The highest BCUT2D eigenvalue weighted by atomic mass is 16.5. The highest BCUT2D eigenvalue weighted by Crippen LogP contribution is 2.43. The number of nitrogens with one attached hydrogen (secondary N) is 1. The third-order valence-corrected chi connectivity index (χ3v) is 6.07. The first kappa shape index (κ1) is 19.6. The maximum absolute atomic E-state index is 12.5. The molecule has 1 aromatic carbocycles. The molecule has 1 amide bonds. The summed E-state index contributed by atoms with van der Waals surface area (Å²) < 4.78 is 5.47. The summed E-state index contributed by atoms with van der Waals surface area (Å²) in [6.45, 7) is 9.26. The predicted molar refractivity (Wildman–Crippen MR) is 115 cm³/mol. The number of benzene rings is 1. The fraction of sp³-hybridized carbons (Fsp3) is 0.435. The molecule has 2 aliphatic heterocycles. The lowest BCUT2D eigenvalue weighted by Gasteiger charge is -2.44. The van der Waals surface area contributed by atoms with Gasteiger partial charge < -0.3 is 15.0 Å². The zero-order chi connectivity index (χ0) is 20.5. The summed E-state index contributed by atoms with van der Waals surface area (Å²) in [7, 11) is 0. The summed E-state index contributed by atoms with van der Waals surface area (Å²) in [5, 5.41) is 3.58. The van der Waals surface area contributed by atoms with E-state index >= 15 is 0 Å². The Morgan fingerprint density at radius 3 is 2.72 bits per heavy atom. The molecule has 4 rings (SSSR count). The number of hydrogen-bond acceptors (Lipinski definition) is 5. The van der Waals surface area contributed by atoms with E-state index in [0.29, 0.717) is 6.61 Å². The number of fused-ring (bicyclic) bond motifs is 1. The minimum absolute atomic E-state index is 0.0352. The van der Waals surface area contributed by atoms with Crippen molar-refractivity contribution in [1.82, 2.24) is 9.97 Å². The number of carbonyl (C=O) groups excluding carboxylic acids is 1. The van der Waals surface area contributed by atoms with Crippen LogP contribution in [0.25, 0.3) is 5.57 Å². The summed E-state index contributed by atoms with van der Waals surface area (Å²) in [6, 6.07) is 6.54. The lowest BCUT2D eigenvalue weighted by molar-refractivity contribution is -0.117. The van der Waals surface area contributed by atoms with Crippen LogP contribution in [0.1, 0.15) is 50.1 Å². The number of aryl methyl sites for hydroxylation is 1. The van der Waals surface area contributed by atoms with Crippen molar-refractivity contribution in [2.24, 2.45) is 5.92 Å². The molecular formula is C23H28N4O2. The smallest absolute Gasteiger partial charge is 0.224 e. The van der Waals surface area contributed by atoms with Crippen molar-refractivity contribution in [1.29, 1.82) is 0 Å². The van der Waals surface area contributed by atoms with Gasteiger partial charge in [0.2, 0.25) is 5.91 Å². The second kappa shape index (κ2) is 7.95. The van der Waals surface area contributed by atoms with E-state index < -0.39 is 0 Å². The van der Waals surface area contributed by atoms with Gasteiger partial charge in [-0.2, -0.15) is 0 Å². The first-order valence-electron chi connectivity index (χ1n) is 10.2. The number of anilines is 2. The molecule has 0 saturated heterocycles.